The lowest BCUT2D eigenvalue weighted by Crippen LogP contribution is -2.06. The lowest BCUT2D eigenvalue weighted by Gasteiger charge is -2.06. The third-order valence-corrected chi connectivity index (χ3v) is 2.45. The second kappa shape index (κ2) is 3.31. The zero-order valence-corrected chi connectivity index (χ0v) is 8.50. The van der Waals surface area contributed by atoms with Crippen molar-refractivity contribution in [2.45, 2.75) is 6.92 Å². The maximum absolute atomic E-state index is 11.3. The number of benzene rings is 1. The number of nitrogens with one attached hydrogen (secondary N) is 1. The summed E-state index contributed by atoms with van der Waals surface area (Å²) in [5.41, 5.74) is 0.786. The average Bonchev–Trinajstić information content (AvgIpc) is 2.26. The summed E-state index contributed by atoms with van der Waals surface area (Å²) in [5, 5.41) is 10.3. The zero-order valence-electron chi connectivity index (χ0n) is 8.50. The van der Waals surface area contributed by atoms with E-state index in [1.807, 2.05) is 0 Å². The van der Waals surface area contributed by atoms with Crippen LogP contribution in [0.4, 0.5) is 0 Å². The monoisotopic (exact) mass is 205 g/mol. The Morgan fingerprint density at radius 2 is 2.13 bits per heavy atom. The zero-order chi connectivity index (χ0) is 11.0. The molecule has 0 atom stereocenters. The van der Waals surface area contributed by atoms with Crippen LogP contribution in [0.15, 0.2) is 23.0 Å². The minimum atomic E-state index is -0.467. The molecular formula is C11H11NO3. The van der Waals surface area contributed by atoms with Gasteiger partial charge in [0.05, 0.1) is 7.11 Å². The van der Waals surface area contributed by atoms with Gasteiger partial charge >= 0.3 is 0 Å². The van der Waals surface area contributed by atoms with Crippen LogP contribution in [0.1, 0.15) is 5.56 Å². The van der Waals surface area contributed by atoms with Gasteiger partial charge in [-0.1, -0.05) is 0 Å². The molecule has 2 rings (SSSR count). The van der Waals surface area contributed by atoms with Gasteiger partial charge in [-0.2, -0.15) is 0 Å². The molecule has 0 aliphatic carbocycles. The van der Waals surface area contributed by atoms with Gasteiger partial charge in [-0.05, 0) is 25.1 Å². The van der Waals surface area contributed by atoms with Gasteiger partial charge in [-0.3, -0.25) is 4.79 Å². The van der Waals surface area contributed by atoms with Crippen molar-refractivity contribution >= 4 is 10.9 Å². The summed E-state index contributed by atoms with van der Waals surface area (Å²) in [4.78, 5) is 13.9. The molecule has 0 saturated heterocycles. The molecule has 4 nitrogen and oxygen atoms in total. The summed E-state index contributed by atoms with van der Waals surface area (Å²) in [7, 11) is 1.57. The van der Waals surface area contributed by atoms with Crippen molar-refractivity contribution in [3.05, 3.63) is 34.1 Å². The lowest BCUT2D eigenvalue weighted by molar-refractivity contribution is 0.415. The number of aryl methyl sites for hydroxylation is 1. The first-order valence-electron chi connectivity index (χ1n) is 4.53. The molecule has 0 spiro atoms. The van der Waals surface area contributed by atoms with Crippen molar-refractivity contribution in [1.29, 1.82) is 0 Å². The summed E-state index contributed by atoms with van der Waals surface area (Å²) in [6.07, 6.45) is 0. The molecule has 0 amide bonds. The van der Waals surface area contributed by atoms with Gasteiger partial charge in [-0.15, -0.1) is 0 Å². The molecule has 0 aliphatic rings. The largest absolute Gasteiger partial charge is 0.503 e. The highest BCUT2D eigenvalue weighted by atomic mass is 16.5. The van der Waals surface area contributed by atoms with E-state index in [0.29, 0.717) is 16.8 Å². The molecule has 0 radical (unpaired) electrons. The maximum Gasteiger partial charge on any atom is 0.290 e. The number of fused-ring (bicyclic) bond motifs is 1. The predicted molar refractivity (Wildman–Crippen MR) is 57.5 cm³/mol. The normalized spacial score (nSPS) is 10.5. The van der Waals surface area contributed by atoms with E-state index in [0.717, 1.165) is 5.39 Å². The summed E-state index contributed by atoms with van der Waals surface area (Å²) in [6.45, 7) is 1.70. The van der Waals surface area contributed by atoms with Gasteiger partial charge in [0.15, 0.2) is 5.75 Å². The fourth-order valence-corrected chi connectivity index (χ4v) is 1.55. The number of aromatic amines is 1. The van der Waals surface area contributed by atoms with Crippen LogP contribution >= 0.6 is 0 Å². The molecule has 1 heterocycles. The second-order valence-corrected chi connectivity index (χ2v) is 3.34. The third kappa shape index (κ3) is 1.44. The van der Waals surface area contributed by atoms with Crippen molar-refractivity contribution in [2.75, 3.05) is 7.11 Å². The number of rotatable bonds is 1. The quantitative estimate of drug-likeness (QED) is 0.742. The van der Waals surface area contributed by atoms with Crippen molar-refractivity contribution in [2.24, 2.45) is 0 Å². The molecule has 2 aromatic rings. The predicted octanol–water partition coefficient (Wildman–Crippen LogP) is 1.55. The molecule has 0 fully saturated rings. The number of aromatic hydroxyl groups is 1. The van der Waals surface area contributed by atoms with Crippen molar-refractivity contribution < 1.29 is 9.84 Å². The summed E-state index contributed by atoms with van der Waals surface area (Å²) < 4.78 is 5.07. The highest BCUT2D eigenvalue weighted by molar-refractivity contribution is 5.84. The first-order valence-corrected chi connectivity index (χ1v) is 4.53. The van der Waals surface area contributed by atoms with Gasteiger partial charge in [0, 0.05) is 16.5 Å². The Labute approximate surface area is 86.1 Å². The van der Waals surface area contributed by atoms with Gasteiger partial charge in [0.1, 0.15) is 5.75 Å². The van der Waals surface area contributed by atoms with Crippen LogP contribution < -0.4 is 10.3 Å². The fraction of sp³-hybridized carbons (Fsp3) is 0.182. The molecule has 1 aromatic heterocycles. The van der Waals surface area contributed by atoms with Gasteiger partial charge < -0.3 is 14.8 Å². The SMILES string of the molecule is COc1ccc2[nH]c(=O)c(O)c(C)c2c1. The molecule has 0 aliphatic heterocycles. The molecule has 2 N–H and O–H groups in total. The van der Waals surface area contributed by atoms with E-state index in [1.165, 1.54) is 0 Å². The summed E-state index contributed by atoms with van der Waals surface area (Å²) in [6, 6.07) is 5.29. The van der Waals surface area contributed by atoms with E-state index in [4.69, 9.17) is 4.74 Å². The number of pyridine rings is 1. The van der Waals surface area contributed by atoms with Gasteiger partial charge in [0.25, 0.3) is 5.56 Å². The summed E-state index contributed by atoms with van der Waals surface area (Å²) >= 11 is 0. The first kappa shape index (κ1) is 9.58. The van der Waals surface area contributed by atoms with E-state index < -0.39 is 5.56 Å². The number of H-pyrrole nitrogens is 1. The second-order valence-electron chi connectivity index (χ2n) is 3.34. The molecule has 78 valence electrons. The Balaban J connectivity index is 2.87. The van der Waals surface area contributed by atoms with E-state index in [2.05, 4.69) is 4.98 Å². The molecule has 0 unspecified atom stereocenters. The minimum absolute atomic E-state index is 0.240. The molecular weight excluding hydrogens is 194 g/mol. The highest BCUT2D eigenvalue weighted by Gasteiger charge is 2.07. The Morgan fingerprint density at radius 1 is 1.40 bits per heavy atom. The molecule has 0 saturated carbocycles. The Hall–Kier alpha value is -1.97. The number of hydrogen-bond donors (Lipinski definition) is 2. The first-order chi connectivity index (χ1) is 7.13. The third-order valence-electron chi connectivity index (χ3n) is 2.45. The Bertz CT molecular complexity index is 572. The highest BCUT2D eigenvalue weighted by Crippen LogP contribution is 2.24. The van der Waals surface area contributed by atoms with E-state index in [-0.39, 0.29) is 5.75 Å². The molecule has 15 heavy (non-hydrogen) atoms. The van der Waals surface area contributed by atoms with Crippen molar-refractivity contribution in [3.8, 4) is 11.5 Å². The van der Waals surface area contributed by atoms with Crippen LogP contribution in [0.3, 0.4) is 0 Å². The standard InChI is InChI=1S/C11H11NO3/c1-6-8-5-7(15-2)3-4-9(8)12-11(14)10(6)13/h3-5,13H,1-2H3,(H,12,14). The van der Waals surface area contributed by atoms with Gasteiger partial charge in [0.2, 0.25) is 0 Å². The summed E-state index contributed by atoms with van der Waals surface area (Å²) in [5.74, 6) is 0.452. The van der Waals surface area contributed by atoms with Crippen molar-refractivity contribution in [3.63, 3.8) is 0 Å². The van der Waals surface area contributed by atoms with Crippen LogP contribution in [0.5, 0.6) is 11.5 Å². The fourth-order valence-electron chi connectivity index (χ4n) is 1.55. The van der Waals surface area contributed by atoms with Crippen LogP contribution in [0.25, 0.3) is 10.9 Å². The molecule has 4 heteroatoms. The Morgan fingerprint density at radius 3 is 2.80 bits per heavy atom. The number of ether oxygens (including phenoxy) is 1. The molecule has 1 aromatic carbocycles. The minimum Gasteiger partial charge on any atom is -0.503 e. The topological polar surface area (TPSA) is 62.3 Å². The van der Waals surface area contributed by atoms with E-state index in [1.54, 1.807) is 32.2 Å². The number of methoxy groups -OCH3 is 1. The average molecular weight is 205 g/mol. The number of aromatic nitrogens is 1. The smallest absolute Gasteiger partial charge is 0.290 e. The van der Waals surface area contributed by atoms with Crippen LogP contribution in [0, 0.1) is 6.92 Å². The maximum atomic E-state index is 11.3. The van der Waals surface area contributed by atoms with Crippen LogP contribution in [0.2, 0.25) is 0 Å². The Kier molecular flexibility index (Phi) is 2.11. The lowest BCUT2D eigenvalue weighted by atomic mass is 10.1. The van der Waals surface area contributed by atoms with Crippen LogP contribution in [-0.4, -0.2) is 17.2 Å². The van der Waals surface area contributed by atoms with E-state index >= 15 is 0 Å². The molecule has 0 bridgehead atoms. The number of hydrogen-bond acceptors (Lipinski definition) is 3. The van der Waals surface area contributed by atoms with Gasteiger partial charge in [-0.25, -0.2) is 0 Å². The van der Waals surface area contributed by atoms with Crippen molar-refractivity contribution in [1.82, 2.24) is 4.98 Å². The van der Waals surface area contributed by atoms with E-state index in [9.17, 15) is 9.90 Å². The van der Waals surface area contributed by atoms with Crippen LogP contribution in [-0.2, 0) is 0 Å².